The molecule has 0 N–H and O–H groups in total. The van der Waals surface area contributed by atoms with Crippen LogP contribution in [0.5, 0.6) is 0 Å². The number of hydrogen-bond donors (Lipinski definition) is 0. The Morgan fingerprint density at radius 1 is 1.14 bits per heavy atom. The highest BCUT2D eigenvalue weighted by Gasteiger charge is 2.22. The van der Waals surface area contributed by atoms with Crippen molar-refractivity contribution in [1.82, 2.24) is 9.29 Å². The molecule has 2 rings (SSSR count). The summed E-state index contributed by atoms with van der Waals surface area (Å²) in [5, 5.41) is -0.0408. The van der Waals surface area contributed by atoms with Crippen molar-refractivity contribution < 1.29 is 12.8 Å². The first-order valence-electron chi connectivity index (χ1n) is 6.15. The molecule has 7 heteroatoms. The molecule has 2 aromatic rings. The molecule has 0 aliphatic heterocycles. The van der Waals surface area contributed by atoms with Crippen molar-refractivity contribution in [3.8, 4) is 0 Å². The van der Waals surface area contributed by atoms with Crippen LogP contribution in [-0.4, -0.2) is 24.8 Å². The molecule has 112 valence electrons. The smallest absolute Gasteiger partial charge is 0.243 e. The monoisotopic (exact) mass is 328 g/mol. The van der Waals surface area contributed by atoms with E-state index in [9.17, 15) is 12.8 Å². The number of sulfonamides is 1. The number of hydrogen-bond acceptors (Lipinski definition) is 3. The molecule has 0 aliphatic carbocycles. The highest BCUT2D eigenvalue weighted by Crippen LogP contribution is 2.16. The van der Waals surface area contributed by atoms with Crippen molar-refractivity contribution >= 4 is 21.6 Å². The summed E-state index contributed by atoms with van der Waals surface area (Å²) in [6.45, 7) is 0.140. The van der Waals surface area contributed by atoms with Gasteiger partial charge >= 0.3 is 0 Å². The van der Waals surface area contributed by atoms with Gasteiger partial charge in [0.15, 0.2) is 5.03 Å². The lowest BCUT2D eigenvalue weighted by molar-refractivity contribution is 0.463. The maximum absolute atomic E-state index is 12.8. The summed E-state index contributed by atoms with van der Waals surface area (Å²) in [7, 11) is -2.23. The average Bonchev–Trinajstić information content (AvgIpc) is 2.49. The predicted octanol–water partition coefficient (Wildman–Crippen LogP) is 2.78. The Morgan fingerprint density at radius 3 is 2.29 bits per heavy atom. The zero-order valence-corrected chi connectivity index (χ0v) is 12.9. The molecule has 0 fully saturated rings. The molecule has 0 saturated carbocycles. The van der Waals surface area contributed by atoms with Crippen LogP contribution in [0.25, 0.3) is 0 Å². The number of rotatable bonds is 5. The molecule has 21 heavy (non-hydrogen) atoms. The van der Waals surface area contributed by atoms with Crippen LogP contribution in [0.1, 0.15) is 11.1 Å². The van der Waals surface area contributed by atoms with E-state index in [0.29, 0.717) is 5.56 Å². The molecular formula is C14H14ClFN2O2S. The van der Waals surface area contributed by atoms with Crippen molar-refractivity contribution in [2.24, 2.45) is 0 Å². The first-order chi connectivity index (χ1) is 9.93. The fraction of sp³-hybridized carbons (Fsp3) is 0.214. The van der Waals surface area contributed by atoms with Gasteiger partial charge in [0, 0.05) is 25.7 Å². The first kappa shape index (κ1) is 15.9. The lowest BCUT2D eigenvalue weighted by Gasteiger charge is -2.16. The Morgan fingerprint density at radius 2 is 1.76 bits per heavy atom. The number of nitrogens with zero attached hydrogens (tertiary/aromatic N) is 2. The van der Waals surface area contributed by atoms with Crippen LogP contribution in [0.2, 0.25) is 0 Å². The minimum absolute atomic E-state index is 0.0408. The molecule has 1 heterocycles. The van der Waals surface area contributed by atoms with Gasteiger partial charge in [-0.05, 0) is 29.3 Å². The van der Waals surface area contributed by atoms with Crippen molar-refractivity contribution in [2.75, 3.05) is 7.05 Å². The van der Waals surface area contributed by atoms with E-state index in [-0.39, 0.29) is 23.3 Å². The van der Waals surface area contributed by atoms with Gasteiger partial charge in [-0.25, -0.2) is 17.8 Å². The fourth-order valence-electron chi connectivity index (χ4n) is 1.73. The number of pyridine rings is 1. The van der Waals surface area contributed by atoms with Gasteiger partial charge < -0.3 is 0 Å². The van der Waals surface area contributed by atoms with Gasteiger partial charge in [0.05, 0.1) is 0 Å². The van der Waals surface area contributed by atoms with Crippen LogP contribution in [0.3, 0.4) is 0 Å². The van der Waals surface area contributed by atoms with Crippen LogP contribution in [0, 0.1) is 5.82 Å². The minimum atomic E-state index is -3.69. The lowest BCUT2D eigenvalue weighted by atomic mass is 10.2. The predicted molar refractivity (Wildman–Crippen MR) is 78.8 cm³/mol. The Hall–Kier alpha value is -1.50. The summed E-state index contributed by atoms with van der Waals surface area (Å²) >= 11 is 5.65. The number of halogens is 2. The van der Waals surface area contributed by atoms with Gasteiger partial charge in [0.25, 0.3) is 10.0 Å². The van der Waals surface area contributed by atoms with Gasteiger partial charge in [0.2, 0.25) is 0 Å². The van der Waals surface area contributed by atoms with Crippen molar-refractivity contribution in [1.29, 1.82) is 0 Å². The highest BCUT2D eigenvalue weighted by molar-refractivity contribution is 7.89. The summed E-state index contributed by atoms with van der Waals surface area (Å²) in [6.07, 6.45) is 1.44. The molecular weight excluding hydrogens is 315 g/mol. The second kappa shape index (κ2) is 6.51. The van der Waals surface area contributed by atoms with Gasteiger partial charge in [-0.15, -0.1) is 11.6 Å². The molecule has 0 saturated heterocycles. The summed E-state index contributed by atoms with van der Waals surface area (Å²) in [5.74, 6) is -0.0822. The van der Waals surface area contributed by atoms with Gasteiger partial charge in [-0.3, -0.25) is 0 Å². The maximum atomic E-state index is 12.8. The third-order valence-corrected chi connectivity index (χ3v) is 4.97. The summed E-state index contributed by atoms with van der Waals surface area (Å²) in [4.78, 5) is 3.92. The Balaban J connectivity index is 2.19. The van der Waals surface area contributed by atoms with Gasteiger partial charge in [0.1, 0.15) is 5.82 Å². The van der Waals surface area contributed by atoms with E-state index < -0.39 is 10.0 Å². The van der Waals surface area contributed by atoms with Crippen molar-refractivity contribution in [3.63, 3.8) is 0 Å². The second-order valence-corrected chi connectivity index (χ2v) is 6.78. The first-order valence-corrected chi connectivity index (χ1v) is 8.12. The zero-order chi connectivity index (χ0) is 15.5. The van der Waals surface area contributed by atoms with E-state index in [0.717, 1.165) is 5.56 Å². The highest BCUT2D eigenvalue weighted by atomic mass is 35.5. The largest absolute Gasteiger partial charge is 0.260 e. The topological polar surface area (TPSA) is 50.3 Å². The van der Waals surface area contributed by atoms with E-state index in [2.05, 4.69) is 4.98 Å². The Labute approximate surface area is 128 Å². The van der Waals surface area contributed by atoms with Crippen molar-refractivity contribution in [2.45, 2.75) is 17.5 Å². The van der Waals surface area contributed by atoms with Crippen molar-refractivity contribution in [3.05, 3.63) is 59.5 Å². The second-order valence-electron chi connectivity index (χ2n) is 4.53. The summed E-state index contributed by atoms with van der Waals surface area (Å²) in [5.41, 5.74) is 1.44. The number of aromatic nitrogens is 1. The molecule has 1 aromatic heterocycles. The van der Waals surface area contributed by atoms with Crippen LogP contribution >= 0.6 is 11.6 Å². The van der Waals surface area contributed by atoms with Gasteiger partial charge in [-0.2, -0.15) is 4.31 Å². The SMILES string of the molecule is CN(Cc1ccc(F)cc1)S(=O)(=O)c1ccc(CCl)cn1. The standard InChI is InChI=1S/C14H14ClFN2O2S/c1-18(10-11-2-5-13(16)6-3-11)21(19,20)14-7-4-12(8-15)9-17-14/h2-7,9H,8,10H2,1H3. The number of alkyl halides is 1. The molecule has 0 radical (unpaired) electrons. The molecule has 0 spiro atoms. The average molecular weight is 329 g/mol. The van der Waals surface area contributed by atoms with Gasteiger partial charge in [-0.1, -0.05) is 18.2 Å². The molecule has 0 bridgehead atoms. The Kier molecular flexibility index (Phi) is 4.92. The molecule has 4 nitrogen and oxygen atoms in total. The minimum Gasteiger partial charge on any atom is -0.243 e. The third kappa shape index (κ3) is 3.78. The van der Waals surface area contributed by atoms with Crippen LogP contribution in [0.4, 0.5) is 4.39 Å². The molecule has 0 aliphatic rings. The molecule has 1 aromatic carbocycles. The van der Waals surface area contributed by atoms with Crippen LogP contribution < -0.4 is 0 Å². The Bertz CT molecular complexity index is 703. The van der Waals surface area contributed by atoms with E-state index in [1.165, 1.54) is 35.7 Å². The summed E-state index contributed by atoms with van der Waals surface area (Å²) < 4.78 is 38.7. The number of benzene rings is 1. The van der Waals surface area contributed by atoms with E-state index >= 15 is 0 Å². The van der Waals surface area contributed by atoms with E-state index in [1.54, 1.807) is 18.2 Å². The lowest BCUT2D eigenvalue weighted by Crippen LogP contribution is -2.27. The summed E-state index contributed by atoms with van der Waals surface area (Å²) in [6, 6.07) is 8.73. The normalized spacial score (nSPS) is 11.8. The molecule has 0 amide bonds. The zero-order valence-electron chi connectivity index (χ0n) is 11.3. The van der Waals surface area contributed by atoms with E-state index in [4.69, 9.17) is 11.6 Å². The van der Waals surface area contributed by atoms with Crippen LogP contribution in [0.15, 0.2) is 47.6 Å². The fourth-order valence-corrected chi connectivity index (χ4v) is 2.96. The molecule has 0 unspecified atom stereocenters. The maximum Gasteiger partial charge on any atom is 0.260 e. The quantitative estimate of drug-likeness (QED) is 0.793. The molecule has 0 atom stereocenters. The van der Waals surface area contributed by atoms with Crippen LogP contribution in [-0.2, 0) is 22.4 Å². The van der Waals surface area contributed by atoms with E-state index in [1.807, 2.05) is 0 Å². The third-order valence-electron chi connectivity index (χ3n) is 2.95.